The molecule has 0 aliphatic heterocycles. The first-order valence-electron chi connectivity index (χ1n) is 7.94. The van der Waals surface area contributed by atoms with Crippen LogP contribution in [0.1, 0.15) is 20.8 Å². The summed E-state index contributed by atoms with van der Waals surface area (Å²) in [6.07, 6.45) is -2.89. The van der Waals surface area contributed by atoms with E-state index in [1.807, 2.05) is 36.4 Å². The Labute approximate surface area is 139 Å². The molecule has 2 aromatic rings. The number of aliphatic hydroxyl groups excluding tert-OH is 2. The molecule has 3 N–H and O–H groups in total. The minimum atomic E-state index is -2.45. The van der Waals surface area contributed by atoms with Crippen LogP contribution in [-0.4, -0.2) is 35.8 Å². The summed E-state index contributed by atoms with van der Waals surface area (Å²) in [6, 6.07) is 20.7. The third-order valence-electron chi connectivity index (χ3n) is 4.67. The summed E-state index contributed by atoms with van der Waals surface area (Å²) in [6.45, 7) is 6.53. The Hall–Kier alpha value is -1.46. The zero-order valence-electron chi connectivity index (χ0n) is 14.0. The molecule has 0 fully saturated rings. The van der Waals surface area contributed by atoms with Gasteiger partial charge in [0, 0.05) is 0 Å². The molecule has 0 unspecified atom stereocenters. The molecule has 0 saturated heterocycles. The third kappa shape index (κ3) is 3.56. The lowest BCUT2D eigenvalue weighted by atomic mass is 10.2. The minimum absolute atomic E-state index is 0.106. The van der Waals surface area contributed by atoms with E-state index in [2.05, 4.69) is 45.0 Å². The monoisotopic (exact) mass is 330 g/mol. The number of aliphatic hydroxyl groups is 3. The van der Waals surface area contributed by atoms with Crippen LogP contribution < -0.4 is 10.4 Å². The maximum Gasteiger partial charge on any atom is 0.177 e. The van der Waals surface area contributed by atoms with E-state index in [1.165, 1.54) is 10.4 Å². The lowest BCUT2D eigenvalue weighted by molar-refractivity contribution is -0.114. The highest BCUT2D eigenvalue weighted by atomic mass is 28.3. The first kappa shape index (κ1) is 17.9. The van der Waals surface area contributed by atoms with Gasteiger partial charge in [-0.2, -0.15) is 0 Å². The molecule has 0 radical (unpaired) electrons. The van der Waals surface area contributed by atoms with Crippen LogP contribution in [0, 0.1) is 0 Å². The summed E-state index contributed by atoms with van der Waals surface area (Å²) >= 11 is 0. The van der Waals surface area contributed by atoms with Crippen molar-refractivity contribution in [2.24, 2.45) is 0 Å². The van der Waals surface area contributed by atoms with Gasteiger partial charge in [-0.25, -0.2) is 0 Å². The van der Waals surface area contributed by atoms with Gasteiger partial charge in [-0.1, -0.05) is 91.8 Å². The third-order valence-corrected chi connectivity index (χ3v) is 10.9. The standard InChI is InChI=1S/C19H26O3Si/c1-19(2,3)23(14-17(20)18(21)22,15-10-6-4-7-11-15)16-12-8-5-9-13-16/h4-13,17-18,20-22H,14H2,1-3H3/t17-/m1/s1. The molecule has 0 aliphatic rings. The fourth-order valence-electron chi connectivity index (χ4n) is 3.44. The first-order chi connectivity index (χ1) is 10.8. The highest BCUT2D eigenvalue weighted by Crippen LogP contribution is 2.39. The second kappa shape index (κ2) is 6.97. The van der Waals surface area contributed by atoms with Crippen molar-refractivity contribution in [1.82, 2.24) is 0 Å². The molecule has 0 bridgehead atoms. The molecule has 124 valence electrons. The fraction of sp³-hybridized carbons (Fsp3) is 0.368. The Morgan fingerprint density at radius 1 is 0.783 bits per heavy atom. The summed E-state index contributed by atoms with van der Waals surface area (Å²) in [5.41, 5.74) is 0. The molecule has 0 saturated carbocycles. The molecule has 0 aromatic heterocycles. The quantitative estimate of drug-likeness (QED) is 0.578. The molecular formula is C19H26O3Si. The summed E-state index contributed by atoms with van der Waals surface area (Å²) in [5.74, 6) is 0. The van der Waals surface area contributed by atoms with Gasteiger partial charge in [-0.3, -0.25) is 0 Å². The molecule has 3 nitrogen and oxygen atoms in total. The molecule has 23 heavy (non-hydrogen) atoms. The Morgan fingerprint density at radius 2 is 1.17 bits per heavy atom. The van der Waals surface area contributed by atoms with E-state index >= 15 is 0 Å². The highest BCUT2D eigenvalue weighted by molar-refractivity contribution is 7.04. The molecular weight excluding hydrogens is 304 g/mol. The van der Waals surface area contributed by atoms with Crippen molar-refractivity contribution in [3.05, 3.63) is 60.7 Å². The van der Waals surface area contributed by atoms with Gasteiger partial charge in [0.2, 0.25) is 0 Å². The minimum Gasteiger partial charge on any atom is -0.388 e. The second-order valence-electron chi connectivity index (χ2n) is 7.07. The van der Waals surface area contributed by atoms with E-state index in [4.69, 9.17) is 0 Å². The van der Waals surface area contributed by atoms with Crippen LogP contribution in [0.3, 0.4) is 0 Å². The van der Waals surface area contributed by atoms with E-state index in [1.54, 1.807) is 0 Å². The second-order valence-corrected chi connectivity index (χ2v) is 11.9. The van der Waals surface area contributed by atoms with E-state index in [-0.39, 0.29) is 5.04 Å². The van der Waals surface area contributed by atoms with Crippen molar-refractivity contribution in [3.8, 4) is 0 Å². The van der Waals surface area contributed by atoms with Gasteiger partial charge in [-0.05, 0) is 11.1 Å². The van der Waals surface area contributed by atoms with E-state index in [9.17, 15) is 15.3 Å². The molecule has 0 heterocycles. The SMILES string of the molecule is CC(C)(C)[Si](C[C@@H](O)C(O)O)(c1ccccc1)c1ccccc1. The summed E-state index contributed by atoms with van der Waals surface area (Å²) in [7, 11) is -2.45. The number of hydrogen-bond acceptors (Lipinski definition) is 3. The van der Waals surface area contributed by atoms with E-state index < -0.39 is 20.5 Å². The Kier molecular flexibility index (Phi) is 5.42. The maximum atomic E-state index is 10.3. The van der Waals surface area contributed by atoms with Crippen molar-refractivity contribution in [2.75, 3.05) is 0 Å². The van der Waals surface area contributed by atoms with E-state index in [0.29, 0.717) is 6.04 Å². The van der Waals surface area contributed by atoms with Crippen LogP contribution in [-0.2, 0) is 0 Å². The molecule has 2 aromatic carbocycles. The van der Waals surface area contributed by atoms with Crippen LogP contribution in [0.2, 0.25) is 11.1 Å². The average Bonchev–Trinajstić information content (AvgIpc) is 2.52. The van der Waals surface area contributed by atoms with Crippen LogP contribution in [0.5, 0.6) is 0 Å². The average molecular weight is 331 g/mol. The number of rotatable bonds is 5. The first-order valence-corrected chi connectivity index (χ1v) is 10.1. The smallest absolute Gasteiger partial charge is 0.177 e. The van der Waals surface area contributed by atoms with Gasteiger partial charge in [0.15, 0.2) is 6.29 Å². The van der Waals surface area contributed by atoms with Gasteiger partial charge >= 0.3 is 0 Å². The lowest BCUT2D eigenvalue weighted by Gasteiger charge is -2.45. The van der Waals surface area contributed by atoms with Crippen molar-refractivity contribution < 1.29 is 15.3 Å². The predicted octanol–water partition coefficient (Wildman–Crippen LogP) is 1.72. The topological polar surface area (TPSA) is 60.7 Å². The molecule has 1 atom stereocenters. The van der Waals surface area contributed by atoms with Crippen molar-refractivity contribution in [1.29, 1.82) is 0 Å². The Balaban J connectivity index is 2.69. The van der Waals surface area contributed by atoms with Crippen LogP contribution in [0.25, 0.3) is 0 Å². The van der Waals surface area contributed by atoms with Gasteiger partial charge < -0.3 is 15.3 Å². The number of hydrogen-bond donors (Lipinski definition) is 3. The zero-order valence-corrected chi connectivity index (χ0v) is 15.0. The number of benzene rings is 2. The van der Waals surface area contributed by atoms with Crippen LogP contribution >= 0.6 is 0 Å². The van der Waals surface area contributed by atoms with Crippen molar-refractivity contribution in [3.63, 3.8) is 0 Å². The van der Waals surface area contributed by atoms with Crippen molar-refractivity contribution >= 4 is 18.4 Å². The van der Waals surface area contributed by atoms with Crippen molar-refractivity contribution in [2.45, 2.75) is 44.2 Å². The Morgan fingerprint density at radius 3 is 1.48 bits per heavy atom. The summed E-state index contributed by atoms with van der Waals surface area (Å²) in [4.78, 5) is 0. The molecule has 0 spiro atoms. The Bertz CT molecular complexity index is 566. The lowest BCUT2D eigenvalue weighted by Crippen LogP contribution is -2.66. The highest BCUT2D eigenvalue weighted by Gasteiger charge is 2.49. The summed E-state index contributed by atoms with van der Waals surface area (Å²) < 4.78 is 0. The van der Waals surface area contributed by atoms with E-state index in [0.717, 1.165) is 0 Å². The predicted molar refractivity (Wildman–Crippen MR) is 96.7 cm³/mol. The normalized spacial score (nSPS) is 14.0. The molecule has 4 heteroatoms. The maximum absolute atomic E-state index is 10.3. The van der Waals surface area contributed by atoms with Gasteiger partial charge in [0.1, 0.15) is 14.2 Å². The van der Waals surface area contributed by atoms with Gasteiger partial charge in [-0.15, -0.1) is 0 Å². The van der Waals surface area contributed by atoms with Crippen LogP contribution in [0.4, 0.5) is 0 Å². The zero-order chi connectivity index (χ0) is 17.1. The van der Waals surface area contributed by atoms with Gasteiger partial charge in [0.25, 0.3) is 0 Å². The molecule has 2 rings (SSSR count). The van der Waals surface area contributed by atoms with Crippen LogP contribution in [0.15, 0.2) is 60.7 Å². The fourth-order valence-corrected chi connectivity index (χ4v) is 8.95. The molecule has 0 aliphatic carbocycles. The molecule has 0 amide bonds. The van der Waals surface area contributed by atoms with Gasteiger partial charge in [0.05, 0.1) is 0 Å². The largest absolute Gasteiger partial charge is 0.388 e. The summed E-state index contributed by atoms with van der Waals surface area (Å²) in [5, 5.41) is 31.5.